The van der Waals surface area contributed by atoms with Crippen molar-refractivity contribution in [3.8, 4) is 5.75 Å². The van der Waals surface area contributed by atoms with E-state index in [1.807, 2.05) is 31.2 Å². The lowest BCUT2D eigenvalue weighted by Crippen LogP contribution is -2.29. The van der Waals surface area contributed by atoms with Crippen LogP contribution in [0.5, 0.6) is 5.75 Å². The second kappa shape index (κ2) is 6.68. The number of aromatic amines is 1. The van der Waals surface area contributed by atoms with Crippen LogP contribution >= 0.6 is 11.8 Å². The lowest BCUT2D eigenvalue weighted by atomic mass is 10.1. The fraction of sp³-hybridized carbons (Fsp3) is 0.353. The Balaban J connectivity index is 1.62. The Morgan fingerprint density at radius 3 is 2.96 bits per heavy atom. The van der Waals surface area contributed by atoms with Crippen molar-refractivity contribution in [1.29, 1.82) is 10.8 Å². The average molecular weight is 344 g/mol. The van der Waals surface area contributed by atoms with Crippen molar-refractivity contribution < 1.29 is 9.53 Å². The predicted molar refractivity (Wildman–Crippen MR) is 97.1 cm³/mol. The van der Waals surface area contributed by atoms with Gasteiger partial charge in [-0.15, -0.1) is 0 Å². The summed E-state index contributed by atoms with van der Waals surface area (Å²) in [5.41, 5.74) is 2.83. The summed E-state index contributed by atoms with van der Waals surface area (Å²) in [6.45, 7) is 2.62. The first-order chi connectivity index (χ1) is 11.5. The summed E-state index contributed by atoms with van der Waals surface area (Å²) in [4.78, 5) is 15.3. The maximum Gasteiger partial charge on any atom is 0.226 e. The van der Waals surface area contributed by atoms with Crippen LogP contribution in [0.4, 0.5) is 0 Å². The molecule has 126 valence electrons. The molecule has 1 heterocycles. The standard InChI is InChI=1S/C17H20N4O2S/c1-17(4-5-17)16(22)20-8-12-6-11-2-3-13(7-14(11)21-12)23-9-15(19)24-10-18/h2-3,6-7,10,18-19,21H,4-5,8-9H2,1H3,(H,20,22). The van der Waals surface area contributed by atoms with Crippen LogP contribution in [0.25, 0.3) is 10.9 Å². The number of rotatable bonds is 7. The van der Waals surface area contributed by atoms with Gasteiger partial charge in [-0.05, 0) is 36.4 Å². The van der Waals surface area contributed by atoms with Gasteiger partial charge in [-0.25, -0.2) is 0 Å². The van der Waals surface area contributed by atoms with Gasteiger partial charge in [-0.2, -0.15) is 0 Å². The van der Waals surface area contributed by atoms with Crippen molar-refractivity contribution in [2.45, 2.75) is 26.3 Å². The molecule has 0 bridgehead atoms. The monoisotopic (exact) mass is 344 g/mol. The quantitative estimate of drug-likeness (QED) is 0.458. The first-order valence-corrected chi connectivity index (χ1v) is 8.64. The molecule has 7 heteroatoms. The van der Waals surface area contributed by atoms with Crippen LogP contribution in [0.15, 0.2) is 24.3 Å². The Labute approximate surface area is 144 Å². The molecule has 1 aliphatic rings. The molecule has 1 fully saturated rings. The van der Waals surface area contributed by atoms with E-state index < -0.39 is 0 Å². The van der Waals surface area contributed by atoms with Crippen molar-refractivity contribution in [3.05, 3.63) is 30.0 Å². The Kier molecular flexibility index (Phi) is 4.62. The number of thioether (sulfide) groups is 1. The zero-order valence-electron chi connectivity index (χ0n) is 13.4. The van der Waals surface area contributed by atoms with Crippen LogP contribution in [0.2, 0.25) is 0 Å². The molecular formula is C17H20N4O2S. The van der Waals surface area contributed by atoms with E-state index in [-0.39, 0.29) is 23.0 Å². The minimum absolute atomic E-state index is 0.118. The third-order valence-electron chi connectivity index (χ3n) is 4.21. The van der Waals surface area contributed by atoms with E-state index in [1.165, 1.54) is 0 Å². The van der Waals surface area contributed by atoms with Gasteiger partial charge in [0, 0.05) is 22.7 Å². The van der Waals surface area contributed by atoms with Gasteiger partial charge in [0.2, 0.25) is 5.91 Å². The van der Waals surface area contributed by atoms with Gasteiger partial charge in [0.15, 0.2) is 0 Å². The van der Waals surface area contributed by atoms with E-state index in [1.54, 1.807) is 0 Å². The number of aromatic nitrogens is 1. The van der Waals surface area contributed by atoms with Gasteiger partial charge in [0.05, 0.1) is 12.1 Å². The van der Waals surface area contributed by atoms with Crippen molar-refractivity contribution in [1.82, 2.24) is 10.3 Å². The van der Waals surface area contributed by atoms with E-state index in [0.717, 1.165) is 46.7 Å². The number of amides is 1. The van der Waals surface area contributed by atoms with Crippen LogP contribution in [0.1, 0.15) is 25.5 Å². The summed E-state index contributed by atoms with van der Waals surface area (Å²) < 4.78 is 5.55. The maximum atomic E-state index is 12.0. The molecule has 1 aromatic heterocycles. The van der Waals surface area contributed by atoms with Crippen LogP contribution < -0.4 is 10.1 Å². The Hall–Kier alpha value is -2.28. The SMILES string of the molecule is CC1(C(=O)NCc2cc3ccc(OCC(=N)SC=N)cc3[nH]2)CC1. The molecule has 0 unspecified atom stereocenters. The number of carbonyl (C=O) groups is 1. The second-order valence-corrected chi connectivity index (χ2v) is 7.20. The number of benzene rings is 1. The van der Waals surface area contributed by atoms with Crippen LogP contribution in [-0.2, 0) is 11.3 Å². The van der Waals surface area contributed by atoms with E-state index in [4.69, 9.17) is 15.6 Å². The predicted octanol–water partition coefficient (Wildman–Crippen LogP) is 3.28. The molecule has 1 aliphatic carbocycles. The number of hydrogen-bond acceptors (Lipinski definition) is 5. The number of ether oxygens (including phenoxy) is 1. The summed E-state index contributed by atoms with van der Waals surface area (Å²) in [7, 11) is 0. The summed E-state index contributed by atoms with van der Waals surface area (Å²) in [5, 5.41) is 18.9. The van der Waals surface area contributed by atoms with E-state index in [9.17, 15) is 4.79 Å². The molecule has 3 rings (SSSR count). The molecule has 2 aromatic rings. The topological polar surface area (TPSA) is 102 Å². The highest BCUT2D eigenvalue weighted by Gasteiger charge is 2.44. The fourth-order valence-corrected chi connectivity index (χ4v) is 2.68. The molecule has 6 nitrogen and oxygen atoms in total. The molecule has 0 saturated heterocycles. The average Bonchev–Trinajstić information content (AvgIpc) is 3.18. The first-order valence-electron chi connectivity index (χ1n) is 7.76. The Morgan fingerprint density at radius 1 is 1.46 bits per heavy atom. The number of carbonyl (C=O) groups excluding carboxylic acids is 1. The lowest BCUT2D eigenvalue weighted by molar-refractivity contribution is -0.125. The number of H-pyrrole nitrogens is 1. The van der Waals surface area contributed by atoms with E-state index >= 15 is 0 Å². The summed E-state index contributed by atoms with van der Waals surface area (Å²) in [5.74, 6) is 0.785. The number of fused-ring (bicyclic) bond motifs is 1. The molecule has 1 saturated carbocycles. The van der Waals surface area contributed by atoms with Crippen molar-refractivity contribution in [3.63, 3.8) is 0 Å². The molecule has 1 amide bonds. The largest absolute Gasteiger partial charge is 0.487 e. The van der Waals surface area contributed by atoms with Crippen molar-refractivity contribution in [2.75, 3.05) is 6.61 Å². The first kappa shape index (κ1) is 16.6. The van der Waals surface area contributed by atoms with Gasteiger partial charge in [0.25, 0.3) is 0 Å². The number of hydrogen-bond donors (Lipinski definition) is 4. The minimum atomic E-state index is -0.161. The smallest absolute Gasteiger partial charge is 0.226 e. The van der Waals surface area contributed by atoms with Gasteiger partial charge in [0.1, 0.15) is 17.4 Å². The molecule has 24 heavy (non-hydrogen) atoms. The molecule has 0 spiro atoms. The van der Waals surface area contributed by atoms with Crippen molar-refractivity contribution in [2.24, 2.45) is 5.41 Å². The van der Waals surface area contributed by atoms with Gasteiger partial charge >= 0.3 is 0 Å². The highest BCUT2D eigenvalue weighted by molar-refractivity contribution is 8.24. The third kappa shape index (κ3) is 3.79. The Morgan fingerprint density at radius 2 is 2.25 bits per heavy atom. The zero-order valence-corrected chi connectivity index (χ0v) is 14.3. The highest BCUT2D eigenvalue weighted by Crippen LogP contribution is 2.45. The van der Waals surface area contributed by atoms with Crippen LogP contribution in [0, 0.1) is 16.2 Å². The van der Waals surface area contributed by atoms with E-state index in [0.29, 0.717) is 12.3 Å². The molecular weight excluding hydrogens is 324 g/mol. The van der Waals surface area contributed by atoms with Gasteiger partial charge < -0.3 is 20.4 Å². The normalized spacial score (nSPS) is 15.0. The highest BCUT2D eigenvalue weighted by atomic mass is 32.2. The zero-order chi connectivity index (χ0) is 17.2. The van der Waals surface area contributed by atoms with Gasteiger partial charge in [-0.3, -0.25) is 10.2 Å². The molecule has 0 radical (unpaired) electrons. The van der Waals surface area contributed by atoms with E-state index in [2.05, 4.69) is 10.3 Å². The fourth-order valence-electron chi connectivity index (χ4n) is 2.41. The molecule has 0 atom stereocenters. The molecule has 4 N–H and O–H groups in total. The number of nitrogens with one attached hydrogen (secondary N) is 4. The van der Waals surface area contributed by atoms with Gasteiger partial charge in [-0.1, -0.05) is 18.7 Å². The van der Waals surface area contributed by atoms with Crippen molar-refractivity contribution >= 4 is 39.2 Å². The summed E-state index contributed by atoms with van der Waals surface area (Å²) >= 11 is 1.03. The maximum absolute atomic E-state index is 12.0. The molecule has 1 aromatic carbocycles. The van der Waals surface area contributed by atoms with Crippen LogP contribution in [-0.4, -0.2) is 28.1 Å². The molecule has 0 aliphatic heterocycles. The summed E-state index contributed by atoms with van der Waals surface area (Å²) in [6.07, 6.45) is 1.94. The van der Waals surface area contributed by atoms with Crippen LogP contribution in [0.3, 0.4) is 0 Å². The lowest BCUT2D eigenvalue weighted by Gasteiger charge is -2.08. The summed E-state index contributed by atoms with van der Waals surface area (Å²) in [6, 6.07) is 7.70. The Bertz CT molecular complexity index is 795. The third-order valence-corrected chi connectivity index (χ3v) is 4.73. The minimum Gasteiger partial charge on any atom is -0.487 e. The second-order valence-electron chi connectivity index (χ2n) is 6.23.